The molecule has 9 nitrogen and oxygen atoms in total. The molecule has 0 aliphatic carbocycles. The Morgan fingerprint density at radius 1 is 1.07 bits per heavy atom. The SMILES string of the molecule is [2H]c1c([2H])c([2H])c(C([2H])([2H])[C@@H](C[C@H](O)[C@H](Cc2ccccc2)NC(=O)COc2c(C([2H])([2H])[2H])c([2H])c([2H])c([2H])c2C([2H])([2H])[2H])NC(=O)[C@H](C(C)C)N2C(=O)NC([2H])([2H])C([2H])([2H])C2([2H])[2H])c([2H])c1[2H]. The molecule has 4 amide bonds. The minimum Gasteiger partial charge on any atom is -0.483 e. The van der Waals surface area contributed by atoms with Crippen LogP contribution in [0.25, 0.3) is 0 Å². The fourth-order valence-electron chi connectivity index (χ4n) is 4.59. The van der Waals surface area contributed by atoms with Crippen molar-refractivity contribution >= 4 is 17.8 Å². The third-order valence-electron chi connectivity index (χ3n) is 6.70. The molecule has 4 rings (SSSR count). The van der Waals surface area contributed by atoms with E-state index >= 15 is 0 Å². The number of nitrogens with zero attached hydrogens (tertiary/aromatic N) is 1. The van der Waals surface area contributed by atoms with Crippen molar-refractivity contribution < 1.29 is 54.4 Å². The molecule has 0 aromatic heterocycles. The van der Waals surface area contributed by atoms with E-state index in [4.69, 9.17) is 32.2 Å². The van der Waals surface area contributed by atoms with Crippen LogP contribution in [0.3, 0.4) is 0 Å². The Labute approximate surface area is 303 Å². The number of hydrogen-bond donors (Lipinski definition) is 4. The molecule has 46 heavy (non-hydrogen) atoms. The minimum absolute atomic E-state index is 0.0839. The van der Waals surface area contributed by atoms with E-state index in [2.05, 4.69) is 10.6 Å². The molecule has 1 heterocycles. The number of para-hydroxylation sites is 1. The number of ether oxygens (including phenoxy) is 1. The van der Waals surface area contributed by atoms with E-state index < -0.39 is 171 Å². The van der Waals surface area contributed by atoms with Crippen LogP contribution in [0.4, 0.5) is 4.79 Å². The van der Waals surface area contributed by atoms with Crippen LogP contribution in [0.5, 0.6) is 5.75 Å². The summed E-state index contributed by atoms with van der Waals surface area (Å²) in [5.74, 6) is -4.90. The molecule has 0 bridgehead atoms. The molecule has 3 aromatic carbocycles. The summed E-state index contributed by atoms with van der Waals surface area (Å²) in [5, 5.41) is 18.4. The van der Waals surface area contributed by atoms with Crippen molar-refractivity contribution in [2.45, 2.75) is 77.4 Å². The zero-order valence-corrected chi connectivity index (χ0v) is 24.9. The van der Waals surface area contributed by atoms with Crippen molar-refractivity contribution in [3.63, 3.8) is 0 Å². The van der Waals surface area contributed by atoms with Gasteiger partial charge >= 0.3 is 6.03 Å². The highest BCUT2D eigenvalue weighted by Gasteiger charge is 2.35. The second-order valence-corrected chi connectivity index (χ2v) is 10.5. The van der Waals surface area contributed by atoms with Crippen LogP contribution in [0.2, 0.25) is 0 Å². The zero-order chi connectivity index (χ0) is 52.2. The third-order valence-corrected chi connectivity index (χ3v) is 6.70. The summed E-state index contributed by atoms with van der Waals surface area (Å²) in [6.07, 6.45) is -10.3. The first kappa shape index (κ1) is 15.5. The molecule has 1 aliphatic rings. The Kier molecular flexibility index (Phi) is 5.65. The molecular formula is C37H48N4O5. The average molecular weight is 651 g/mol. The van der Waals surface area contributed by atoms with Crippen molar-refractivity contribution in [1.82, 2.24) is 20.9 Å². The molecule has 1 fully saturated rings. The van der Waals surface area contributed by atoms with Gasteiger partial charge in [0, 0.05) is 38.2 Å². The van der Waals surface area contributed by atoms with E-state index in [-0.39, 0.29) is 11.3 Å². The van der Waals surface area contributed by atoms with Crippen molar-refractivity contribution in [2.75, 3.05) is 19.6 Å². The maximum Gasteiger partial charge on any atom is 0.318 e. The normalized spacial score (nSPS) is 26.9. The van der Waals surface area contributed by atoms with Crippen LogP contribution in [0, 0.1) is 19.6 Å². The van der Waals surface area contributed by atoms with Gasteiger partial charge in [0.15, 0.2) is 6.61 Å². The largest absolute Gasteiger partial charge is 0.483 e. The maximum atomic E-state index is 14.5. The van der Waals surface area contributed by atoms with Gasteiger partial charge in [0.05, 0.1) is 23.1 Å². The third kappa shape index (κ3) is 9.81. The van der Waals surface area contributed by atoms with Crippen LogP contribution in [-0.4, -0.2) is 71.7 Å². The second-order valence-electron chi connectivity index (χ2n) is 10.5. The van der Waals surface area contributed by atoms with Gasteiger partial charge in [-0.25, -0.2) is 4.79 Å². The smallest absolute Gasteiger partial charge is 0.318 e. The van der Waals surface area contributed by atoms with Crippen molar-refractivity contribution in [2.24, 2.45) is 5.92 Å². The Balaban J connectivity index is 1.85. The van der Waals surface area contributed by atoms with Crippen LogP contribution in [0.15, 0.2) is 78.7 Å². The molecule has 0 radical (unpaired) electrons. The highest BCUT2D eigenvalue weighted by atomic mass is 16.5. The van der Waals surface area contributed by atoms with Crippen molar-refractivity contribution in [3.05, 3.63) is 101 Å². The lowest BCUT2D eigenvalue weighted by molar-refractivity contribution is -0.128. The summed E-state index contributed by atoms with van der Waals surface area (Å²) >= 11 is 0. The Morgan fingerprint density at radius 3 is 2.46 bits per heavy atom. The van der Waals surface area contributed by atoms with Gasteiger partial charge in [-0.2, -0.15) is 0 Å². The second kappa shape index (κ2) is 16.8. The van der Waals surface area contributed by atoms with Crippen LogP contribution in [-0.2, 0) is 22.4 Å². The van der Waals surface area contributed by atoms with E-state index in [1.54, 1.807) is 35.6 Å². The Hall–Kier alpha value is -4.37. The average Bonchev–Trinajstić information content (AvgIpc) is 3.20. The molecule has 1 aliphatic heterocycles. The number of amides is 4. The summed E-state index contributed by atoms with van der Waals surface area (Å²) in [4.78, 5) is 41.7. The number of benzene rings is 3. The molecule has 246 valence electrons. The molecule has 0 unspecified atom stereocenters. The monoisotopic (exact) mass is 651 g/mol. The quantitative estimate of drug-likeness (QED) is 0.195. The van der Waals surface area contributed by atoms with Gasteiger partial charge in [0.2, 0.25) is 5.91 Å². The van der Waals surface area contributed by atoms with Gasteiger partial charge in [-0.3, -0.25) is 9.59 Å². The van der Waals surface area contributed by atoms with Crippen LogP contribution < -0.4 is 20.7 Å². The molecule has 9 heteroatoms. The number of aliphatic hydroxyl groups is 1. The van der Waals surface area contributed by atoms with Crippen molar-refractivity contribution in [3.8, 4) is 5.75 Å². The lowest BCUT2D eigenvalue weighted by Crippen LogP contribution is -2.59. The fraction of sp³-hybridized carbons (Fsp3) is 0.432. The van der Waals surface area contributed by atoms with Crippen molar-refractivity contribution in [1.29, 1.82) is 0 Å². The highest BCUT2D eigenvalue weighted by molar-refractivity contribution is 5.87. The summed E-state index contributed by atoms with van der Waals surface area (Å²) in [6, 6.07) is -7.98. The number of urea groups is 1. The van der Waals surface area contributed by atoms with E-state index in [1.165, 1.54) is 13.8 Å². The van der Waals surface area contributed by atoms with Crippen LogP contribution in [0.1, 0.15) is 79.1 Å². The molecule has 3 aromatic rings. The summed E-state index contributed by atoms with van der Waals surface area (Å²) < 4.78 is 187. The zero-order valence-electron chi connectivity index (χ0n) is 46.9. The van der Waals surface area contributed by atoms with E-state index in [0.29, 0.717) is 5.56 Å². The summed E-state index contributed by atoms with van der Waals surface area (Å²) in [6.45, 7) is -12.2. The van der Waals surface area contributed by atoms with Gasteiger partial charge in [-0.05, 0) is 67.5 Å². The predicted molar refractivity (Wildman–Crippen MR) is 180 cm³/mol. The standard InChI is InChI=1S/C37H48N4O5/c1-25(2)34(41-20-12-19-38-37(41)45)36(44)39-30(21-28-15-7-5-8-16-28)23-32(42)31(22-29-17-9-6-10-18-29)40-33(43)24-46-35-26(3)13-11-14-27(35)4/h5-11,13-18,25,30-32,34,42H,12,19-24H2,1-4H3,(H,38,45)(H,39,44)(H,40,43)/t30-,31-,32-,34-/m0/s1/i3D3,4D3,5D,7D,8D,11D,12D2,13D,14D,15D,16D,19D2,20D2,21D2. The summed E-state index contributed by atoms with van der Waals surface area (Å²) in [5.41, 5.74) is -2.81. The Bertz CT molecular complexity index is 2340. The van der Waals surface area contributed by atoms with E-state index in [1.807, 2.05) is 0 Å². The van der Waals surface area contributed by atoms with Gasteiger partial charge in [-0.1, -0.05) is 92.5 Å². The maximum absolute atomic E-state index is 14.5. The molecule has 0 spiro atoms. The van der Waals surface area contributed by atoms with Crippen LogP contribution >= 0.6 is 0 Å². The minimum atomic E-state index is -3.58. The Morgan fingerprint density at radius 2 is 1.78 bits per heavy atom. The number of hydrogen-bond acceptors (Lipinski definition) is 5. The first-order valence-electron chi connectivity index (χ1n) is 25.1. The summed E-state index contributed by atoms with van der Waals surface area (Å²) in [7, 11) is 0. The van der Waals surface area contributed by atoms with Gasteiger partial charge in [0.1, 0.15) is 11.8 Å². The fourth-order valence-corrected chi connectivity index (χ4v) is 4.59. The number of nitrogens with one attached hydrogen (secondary N) is 3. The van der Waals surface area contributed by atoms with Gasteiger partial charge in [-0.15, -0.1) is 0 Å². The van der Waals surface area contributed by atoms with E-state index in [9.17, 15) is 22.2 Å². The van der Waals surface area contributed by atoms with Gasteiger partial charge < -0.3 is 30.7 Å². The molecule has 0 saturated carbocycles. The molecule has 4 atom stereocenters. The van der Waals surface area contributed by atoms with Gasteiger partial charge in [0.25, 0.3) is 5.91 Å². The first-order valence-corrected chi connectivity index (χ1v) is 14.1. The topological polar surface area (TPSA) is 120 Å². The number of carbonyl (C=O) groups excluding carboxylic acids is 3. The molecule has 4 N–H and O–H groups in total. The lowest BCUT2D eigenvalue weighted by Gasteiger charge is -2.37. The number of rotatable bonds is 15. The number of aliphatic hydroxyl groups excluding tert-OH is 1. The number of carbonyl (C=O) groups is 3. The molecular weight excluding hydrogens is 580 g/mol. The highest BCUT2D eigenvalue weighted by Crippen LogP contribution is 2.22. The predicted octanol–water partition coefficient (Wildman–Crippen LogP) is 4.33. The molecule has 1 saturated heterocycles. The first-order chi connectivity index (χ1) is 30.9. The van der Waals surface area contributed by atoms with E-state index in [0.717, 1.165) is 0 Å². The lowest BCUT2D eigenvalue weighted by atomic mass is 9.92.